The summed E-state index contributed by atoms with van der Waals surface area (Å²) in [5, 5.41) is 18.1. The molecule has 0 saturated carbocycles. The predicted molar refractivity (Wildman–Crippen MR) is 71.3 cm³/mol. The lowest BCUT2D eigenvalue weighted by atomic mass is 10.1. The third-order valence-corrected chi connectivity index (χ3v) is 2.06. The predicted octanol–water partition coefficient (Wildman–Crippen LogP) is 0.561. The van der Waals surface area contributed by atoms with Gasteiger partial charge in [0.05, 0.1) is 0 Å². The highest BCUT2D eigenvalue weighted by atomic mass is 19.4. The number of carboxylic acid groups (broad SMARTS) is 2. The monoisotopic (exact) mass is 342 g/mol. The van der Waals surface area contributed by atoms with E-state index in [0.29, 0.717) is 25.8 Å². The number of hydrogen-bond donors (Lipinski definition) is 4. The Balaban J connectivity index is 0. The fraction of sp³-hybridized carbons (Fsp3) is 0.583. The van der Waals surface area contributed by atoms with Crippen LogP contribution in [0.5, 0.6) is 0 Å². The number of carboxylic acids is 2. The van der Waals surface area contributed by atoms with Gasteiger partial charge in [0.25, 0.3) is 0 Å². The van der Waals surface area contributed by atoms with Gasteiger partial charge in [-0.15, -0.1) is 6.42 Å². The van der Waals surface area contributed by atoms with Gasteiger partial charge in [0.1, 0.15) is 6.04 Å². The van der Waals surface area contributed by atoms with Crippen LogP contribution in [0.3, 0.4) is 0 Å². The van der Waals surface area contributed by atoms with E-state index in [0.717, 1.165) is 0 Å². The van der Waals surface area contributed by atoms with Crippen molar-refractivity contribution < 1.29 is 42.5 Å². The first kappa shape index (κ1) is 22.8. The SMILES string of the molecule is C#CCOC(=O)NCCCC[C@H](N)C(=O)O.O=C(O)C(F)(F)F. The molecule has 0 aromatic heterocycles. The molecule has 132 valence electrons. The first-order valence-corrected chi connectivity index (χ1v) is 6.15. The highest BCUT2D eigenvalue weighted by molar-refractivity contribution is 5.73. The maximum atomic E-state index is 10.9. The molecule has 0 aromatic rings. The van der Waals surface area contributed by atoms with Gasteiger partial charge in [0.2, 0.25) is 0 Å². The summed E-state index contributed by atoms with van der Waals surface area (Å²) in [6, 6.07) is -0.839. The summed E-state index contributed by atoms with van der Waals surface area (Å²) in [4.78, 5) is 30.1. The number of alkyl carbamates (subject to hydrolysis) is 1. The number of aliphatic carboxylic acids is 2. The Hall–Kier alpha value is -2.48. The van der Waals surface area contributed by atoms with E-state index in [-0.39, 0.29) is 6.61 Å². The average molecular weight is 342 g/mol. The number of rotatable bonds is 7. The van der Waals surface area contributed by atoms with Gasteiger partial charge in [-0.2, -0.15) is 13.2 Å². The highest BCUT2D eigenvalue weighted by Crippen LogP contribution is 2.13. The Morgan fingerprint density at radius 3 is 2.17 bits per heavy atom. The zero-order valence-electron chi connectivity index (χ0n) is 11.9. The Kier molecular flexibility index (Phi) is 12.0. The smallest absolute Gasteiger partial charge is 0.480 e. The van der Waals surface area contributed by atoms with E-state index in [4.69, 9.17) is 27.2 Å². The molecule has 0 rings (SSSR count). The number of terminal acetylenes is 1. The molecule has 0 unspecified atom stereocenters. The van der Waals surface area contributed by atoms with Crippen molar-refractivity contribution in [2.45, 2.75) is 31.5 Å². The highest BCUT2D eigenvalue weighted by Gasteiger charge is 2.38. The van der Waals surface area contributed by atoms with Crippen LogP contribution < -0.4 is 11.1 Å². The molecule has 0 radical (unpaired) electrons. The molecule has 0 fully saturated rings. The van der Waals surface area contributed by atoms with Gasteiger partial charge >= 0.3 is 24.2 Å². The number of halogens is 3. The Bertz CT molecular complexity index is 433. The fourth-order valence-corrected chi connectivity index (χ4v) is 0.961. The lowest BCUT2D eigenvalue weighted by Crippen LogP contribution is -2.30. The van der Waals surface area contributed by atoms with E-state index in [1.807, 2.05) is 0 Å². The summed E-state index contributed by atoms with van der Waals surface area (Å²) >= 11 is 0. The summed E-state index contributed by atoms with van der Waals surface area (Å²) in [6.07, 6.45) is 0.896. The maximum absolute atomic E-state index is 10.9. The number of ether oxygens (including phenoxy) is 1. The van der Waals surface area contributed by atoms with Crippen molar-refractivity contribution in [3.8, 4) is 12.3 Å². The molecule has 0 aliphatic carbocycles. The number of alkyl halides is 3. The van der Waals surface area contributed by atoms with Gasteiger partial charge in [-0.05, 0) is 19.3 Å². The molecule has 0 saturated heterocycles. The summed E-state index contributed by atoms with van der Waals surface area (Å²) < 4.78 is 36.3. The van der Waals surface area contributed by atoms with Crippen molar-refractivity contribution >= 4 is 18.0 Å². The van der Waals surface area contributed by atoms with Gasteiger partial charge in [0, 0.05) is 6.54 Å². The third-order valence-electron chi connectivity index (χ3n) is 2.06. The van der Waals surface area contributed by atoms with Crippen LogP contribution in [0.15, 0.2) is 0 Å². The fourth-order valence-electron chi connectivity index (χ4n) is 0.961. The Morgan fingerprint density at radius 1 is 1.26 bits per heavy atom. The summed E-state index contributed by atoms with van der Waals surface area (Å²) in [5.41, 5.74) is 5.29. The molecule has 1 atom stereocenters. The van der Waals surface area contributed by atoms with Crippen LogP contribution in [0.1, 0.15) is 19.3 Å². The minimum Gasteiger partial charge on any atom is -0.480 e. The van der Waals surface area contributed by atoms with E-state index in [1.54, 1.807) is 0 Å². The van der Waals surface area contributed by atoms with Crippen molar-refractivity contribution in [3.05, 3.63) is 0 Å². The Morgan fingerprint density at radius 2 is 1.78 bits per heavy atom. The number of amides is 1. The zero-order chi connectivity index (χ0) is 18.5. The lowest BCUT2D eigenvalue weighted by Gasteiger charge is -2.06. The van der Waals surface area contributed by atoms with Crippen molar-refractivity contribution in [1.29, 1.82) is 0 Å². The standard InChI is InChI=1S/C10H16N2O4.C2HF3O2/c1-2-7-16-10(15)12-6-4-3-5-8(11)9(13)14;3-2(4,5)1(6)7/h1,8H,3-7,11H2,(H,12,15)(H,13,14);(H,6,7)/t8-;/m0./s1. The minimum absolute atomic E-state index is 0.0598. The summed E-state index contributed by atoms with van der Waals surface area (Å²) in [7, 11) is 0. The second kappa shape index (κ2) is 12.1. The second-order valence-corrected chi connectivity index (χ2v) is 3.95. The van der Waals surface area contributed by atoms with Crippen molar-refractivity contribution in [2.75, 3.05) is 13.2 Å². The lowest BCUT2D eigenvalue weighted by molar-refractivity contribution is -0.192. The Labute approximate surface area is 129 Å². The molecule has 0 spiro atoms. The average Bonchev–Trinajstić information content (AvgIpc) is 2.43. The molecule has 0 aromatic carbocycles. The quantitative estimate of drug-likeness (QED) is 0.391. The van der Waals surface area contributed by atoms with Gasteiger partial charge < -0.3 is 26.0 Å². The molecule has 8 nitrogen and oxygen atoms in total. The summed E-state index contributed by atoms with van der Waals surface area (Å²) in [5.74, 6) is -1.61. The molecule has 0 aliphatic heterocycles. The topological polar surface area (TPSA) is 139 Å². The summed E-state index contributed by atoms with van der Waals surface area (Å²) in [6.45, 7) is 0.353. The van der Waals surface area contributed by atoms with Crippen LogP contribution in [-0.2, 0) is 14.3 Å². The van der Waals surface area contributed by atoms with Crippen LogP contribution in [-0.4, -0.2) is 53.6 Å². The van der Waals surface area contributed by atoms with Crippen LogP contribution in [0.25, 0.3) is 0 Å². The molecule has 0 aliphatic rings. The second-order valence-electron chi connectivity index (χ2n) is 3.95. The third kappa shape index (κ3) is 15.7. The molecule has 11 heteroatoms. The number of hydrogen-bond acceptors (Lipinski definition) is 5. The van der Waals surface area contributed by atoms with E-state index < -0.39 is 30.2 Å². The molecule has 0 bridgehead atoms. The normalized spacial score (nSPS) is 11.3. The molecule has 1 amide bonds. The molecule has 5 N–H and O–H groups in total. The largest absolute Gasteiger partial charge is 0.490 e. The van der Waals surface area contributed by atoms with Gasteiger partial charge in [-0.1, -0.05) is 5.92 Å². The number of carbonyl (C=O) groups is 3. The number of nitrogens with two attached hydrogens (primary N) is 1. The first-order valence-electron chi connectivity index (χ1n) is 6.15. The van der Waals surface area contributed by atoms with Crippen molar-refractivity contribution in [3.63, 3.8) is 0 Å². The first-order chi connectivity index (χ1) is 10.5. The van der Waals surface area contributed by atoms with Crippen molar-refractivity contribution in [1.82, 2.24) is 5.32 Å². The van der Waals surface area contributed by atoms with E-state index >= 15 is 0 Å². The van der Waals surface area contributed by atoms with Crippen LogP contribution in [0.4, 0.5) is 18.0 Å². The van der Waals surface area contributed by atoms with E-state index in [2.05, 4.69) is 16.0 Å². The number of nitrogens with one attached hydrogen (secondary N) is 1. The van der Waals surface area contributed by atoms with E-state index in [1.165, 1.54) is 0 Å². The van der Waals surface area contributed by atoms with Crippen LogP contribution >= 0.6 is 0 Å². The molecular formula is C12H17F3N2O6. The number of unbranched alkanes of at least 4 members (excludes halogenated alkanes) is 1. The maximum Gasteiger partial charge on any atom is 0.490 e. The molecule has 23 heavy (non-hydrogen) atoms. The zero-order valence-corrected chi connectivity index (χ0v) is 11.9. The van der Waals surface area contributed by atoms with Crippen LogP contribution in [0.2, 0.25) is 0 Å². The van der Waals surface area contributed by atoms with Gasteiger partial charge in [-0.3, -0.25) is 4.79 Å². The van der Waals surface area contributed by atoms with Crippen LogP contribution in [0, 0.1) is 12.3 Å². The van der Waals surface area contributed by atoms with Gasteiger partial charge in [-0.25, -0.2) is 9.59 Å². The molecular weight excluding hydrogens is 325 g/mol. The minimum atomic E-state index is -5.08. The number of carbonyl (C=O) groups excluding carboxylic acids is 1. The van der Waals surface area contributed by atoms with E-state index in [9.17, 15) is 22.8 Å². The van der Waals surface area contributed by atoms with Gasteiger partial charge in [0.15, 0.2) is 6.61 Å². The molecule has 0 heterocycles. The van der Waals surface area contributed by atoms with Crippen molar-refractivity contribution in [2.24, 2.45) is 5.73 Å².